The third-order valence-electron chi connectivity index (χ3n) is 2.26. The first kappa shape index (κ1) is 12.8. The Kier molecular flexibility index (Phi) is 4.15. The van der Waals surface area contributed by atoms with E-state index >= 15 is 0 Å². The molecule has 1 aromatic rings. The number of aromatic hydroxyl groups is 1. The molecule has 0 saturated heterocycles. The normalized spacial score (nSPS) is 11.4. The molecule has 0 unspecified atom stereocenters. The van der Waals surface area contributed by atoms with Crippen LogP contribution in [0.5, 0.6) is 5.75 Å². The molecular formula is C12H21N3O. The molecule has 0 heterocycles. The molecule has 1 aromatic carbocycles. The molecule has 0 radical (unpaired) electrons. The zero-order valence-electron chi connectivity index (χ0n) is 10.5. The van der Waals surface area contributed by atoms with E-state index in [2.05, 4.69) is 4.90 Å². The van der Waals surface area contributed by atoms with Crippen molar-refractivity contribution in [2.24, 2.45) is 0 Å². The average molecular weight is 223 g/mol. The van der Waals surface area contributed by atoms with Crippen LogP contribution in [0.4, 0.5) is 5.69 Å². The van der Waals surface area contributed by atoms with E-state index in [-0.39, 0.29) is 5.75 Å². The van der Waals surface area contributed by atoms with Gasteiger partial charge in [-0.1, -0.05) is 0 Å². The first-order valence-corrected chi connectivity index (χ1v) is 5.30. The molecule has 0 aromatic heterocycles. The second-order valence-electron chi connectivity index (χ2n) is 4.67. The smallest absolute Gasteiger partial charge is 0.142 e. The average Bonchev–Trinajstić information content (AvgIpc) is 2.11. The van der Waals surface area contributed by atoms with Gasteiger partial charge >= 0.3 is 0 Å². The number of hydrogen-bond donors (Lipinski definition) is 2. The van der Waals surface area contributed by atoms with Crippen molar-refractivity contribution in [2.75, 3.05) is 33.9 Å². The Labute approximate surface area is 97.3 Å². The first-order valence-electron chi connectivity index (χ1n) is 5.30. The van der Waals surface area contributed by atoms with E-state index in [0.717, 1.165) is 17.7 Å². The molecule has 4 nitrogen and oxygen atoms in total. The van der Waals surface area contributed by atoms with Crippen LogP contribution in [0.25, 0.3) is 0 Å². The number of nitrogens with two attached hydrogens (primary N) is 1. The molecule has 0 bridgehead atoms. The van der Waals surface area contributed by atoms with Gasteiger partial charge in [-0.2, -0.15) is 0 Å². The molecule has 0 atom stereocenters. The maximum atomic E-state index is 9.84. The van der Waals surface area contributed by atoms with E-state index in [4.69, 9.17) is 5.73 Å². The van der Waals surface area contributed by atoms with E-state index in [1.165, 1.54) is 0 Å². The standard InChI is InChI=1S/C12H21N3O/c1-14(2)7-9-5-10(8-15(3)4)12(16)11(13)6-9/h5-6,16H,7-8,13H2,1-4H3. The van der Waals surface area contributed by atoms with Crippen molar-refractivity contribution in [3.05, 3.63) is 23.3 Å². The van der Waals surface area contributed by atoms with Gasteiger partial charge in [-0.05, 0) is 45.9 Å². The van der Waals surface area contributed by atoms with Crippen LogP contribution < -0.4 is 5.73 Å². The summed E-state index contributed by atoms with van der Waals surface area (Å²) < 4.78 is 0. The van der Waals surface area contributed by atoms with E-state index in [1.807, 2.05) is 45.2 Å². The van der Waals surface area contributed by atoms with Crippen molar-refractivity contribution in [3.8, 4) is 5.75 Å². The topological polar surface area (TPSA) is 52.7 Å². The molecule has 90 valence electrons. The van der Waals surface area contributed by atoms with E-state index in [1.54, 1.807) is 0 Å². The molecule has 0 aliphatic heterocycles. The molecule has 0 aliphatic rings. The van der Waals surface area contributed by atoms with Crippen molar-refractivity contribution < 1.29 is 5.11 Å². The van der Waals surface area contributed by atoms with E-state index in [9.17, 15) is 5.11 Å². The largest absolute Gasteiger partial charge is 0.505 e. The van der Waals surface area contributed by atoms with E-state index < -0.39 is 0 Å². The second kappa shape index (κ2) is 5.18. The fourth-order valence-electron chi connectivity index (χ4n) is 1.70. The van der Waals surface area contributed by atoms with Crippen molar-refractivity contribution in [1.82, 2.24) is 9.80 Å². The van der Waals surface area contributed by atoms with E-state index in [0.29, 0.717) is 12.2 Å². The summed E-state index contributed by atoms with van der Waals surface area (Å²) in [6, 6.07) is 3.83. The lowest BCUT2D eigenvalue weighted by Gasteiger charge is -2.16. The van der Waals surface area contributed by atoms with Gasteiger partial charge in [-0.25, -0.2) is 0 Å². The summed E-state index contributed by atoms with van der Waals surface area (Å²) in [5.41, 5.74) is 8.24. The van der Waals surface area contributed by atoms with Crippen LogP contribution in [0.1, 0.15) is 11.1 Å². The molecule has 3 N–H and O–H groups in total. The third kappa shape index (κ3) is 3.40. The predicted molar refractivity (Wildman–Crippen MR) is 67.3 cm³/mol. The van der Waals surface area contributed by atoms with Crippen LogP contribution in [0.2, 0.25) is 0 Å². The van der Waals surface area contributed by atoms with Gasteiger partial charge in [0.2, 0.25) is 0 Å². The molecule has 0 fully saturated rings. The lowest BCUT2D eigenvalue weighted by atomic mass is 10.1. The summed E-state index contributed by atoms with van der Waals surface area (Å²) in [5, 5.41) is 9.84. The van der Waals surface area contributed by atoms with Crippen molar-refractivity contribution in [1.29, 1.82) is 0 Å². The molecule has 0 aliphatic carbocycles. The molecular weight excluding hydrogens is 202 g/mol. The monoisotopic (exact) mass is 223 g/mol. The first-order chi connectivity index (χ1) is 7.40. The maximum Gasteiger partial charge on any atom is 0.142 e. The van der Waals surface area contributed by atoms with Gasteiger partial charge in [-0.3, -0.25) is 0 Å². The number of nitrogens with zero attached hydrogens (tertiary/aromatic N) is 2. The highest BCUT2D eigenvalue weighted by Crippen LogP contribution is 2.28. The van der Waals surface area contributed by atoms with Crippen molar-refractivity contribution in [2.45, 2.75) is 13.1 Å². The SMILES string of the molecule is CN(C)Cc1cc(N)c(O)c(CN(C)C)c1. The lowest BCUT2D eigenvalue weighted by Crippen LogP contribution is -2.14. The van der Waals surface area contributed by atoms with Crippen molar-refractivity contribution >= 4 is 5.69 Å². The Morgan fingerprint density at radius 2 is 1.62 bits per heavy atom. The lowest BCUT2D eigenvalue weighted by molar-refractivity contribution is 0.382. The molecule has 1 rings (SSSR count). The summed E-state index contributed by atoms with van der Waals surface area (Å²) >= 11 is 0. The fourth-order valence-corrected chi connectivity index (χ4v) is 1.70. The van der Waals surface area contributed by atoms with Crippen LogP contribution in [-0.4, -0.2) is 43.1 Å². The second-order valence-corrected chi connectivity index (χ2v) is 4.67. The van der Waals surface area contributed by atoms with Crippen LogP contribution in [0.15, 0.2) is 12.1 Å². The van der Waals surface area contributed by atoms with Gasteiger partial charge < -0.3 is 20.6 Å². The number of hydrogen-bond acceptors (Lipinski definition) is 4. The van der Waals surface area contributed by atoms with Gasteiger partial charge in [0.15, 0.2) is 0 Å². The Hall–Kier alpha value is -1.26. The highest BCUT2D eigenvalue weighted by atomic mass is 16.3. The van der Waals surface area contributed by atoms with Gasteiger partial charge in [-0.15, -0.1) is 0 Å². The van der Waals surface area contributed by atoms with Crippen molar-refractivity contribution in [3.63, 3.8) is 0 Å². The Bertz CT molecular complexity index is 362. The maximum absolute atomic E-state index is 9.84. The number of anilines is 1. The fraction of sp³-hybridized carbons (Fsp3) is 0.500. The number of phenols is 1. The number of phenolic OH excluding ortho intramolecular Hbond substituents is 1. The quantitative estimate of drug-likeness (QED) is 0.593. The van der Waals surface area contributed by atoms with Crippen LogP contribution in [-0.2, 0) is 13.1 Å². The number of benzene rings is 1. The van der Waals surface area contributed by atoms with Crippen LogP contribution >= 0.6 is 0 Å². The van der Waals surface area contributed by atoms with Gasteiger partial charge in [0.25, 0.3) is 0 Å². The summed E-state index contributed by atoms with van der Waals surface area (Å²) in [6.07, 6.45) is 0. The summed E-state index contributed by atoms with van der Waals surface area (Å²) in [6.45, 7) is 1.52. The Morgan fingerprint density at radius 1 is 1.06 bits per heavy atom. The zero-order valence-corrected chi connectivity index (χ0v) is 10.5. The Morgan fingerprint density at radius 3 is 2.12 bits per heavy atom. The summed E-state index contributed by atoms with van der Waals surface area (Å²) in [5.74, 6) is 0.205. The molecule has 0 spiro atoms. The minimum Gasteiger partial charge on any atom is -0.505 e. The zero-order chi connectivity index (χ0) is 12.3. The molecule has 0 amide bonds. The number of nitrogen functional groups attached to an aromatic ring is 1. The highest BCUT2D eigenvalue weighted by molar-refractivity contribution is 5.58. The van der Waals surface area contributed by atoms with Gasteiger partial charge in [0, 0.05) is 18.7 Å². The van der Waals surface area contributed by atoms with Gasteiger partial charge in [0.1, 0.15) is 5.75 Å². The summed E-state index contributed by atoms with van der Waals surface area (Å²) in [4.78, 5) is 4.08. The predicted octanol–water partition coefficient (Wildman–Crippen LogP) is 1.10. The molecule has 16 heavy (non-hydrogen) atoms. The third-order valence-corrected chi connectivity index (χ3v) is 2.26. The van der Waals surface area contributed by atoms with Crippen LogP contribution in [0.3, 0.4) is 0 Å². The highest BCUT2D eigenvalue weighted by Gasteiger charge is 2.09. The summed E-state index contributed by atoms with van der Waals surface area (Å²) in [7, 11) is 7.95. The molecule has 4 heteroatoms. The number of rotatable bonds is 4. The minimum atomic E-state index is 0.205. The molecule has 0 saturated carbocycles. The minimum absolute atomic E-state index is 0.205. The van der Waals surface area contributed by atoms with Crippen LogP contribution in [0, 0.1) is 0 Å². The van der Waals surface area contributed by atoms with Gasteiger partial charge in [0.05, 0.1) is 5.69 Å². The Balaban J connectivity index is 3.01.